The Bertz CT molecular complexity index is 319. The molecular formula is C11H14FNO. The van der Waals surface area contributed by atoms with Gasteiger partial charge in [-0.05, 0) is 30.5 Å². The van der Waals surface area contributed by atoms with Crippen LogP contribution in [0.3, 0.4) is 0 Å². The van der Waals surface area contributed by atoms with Crippen LogP contribution in [0.4, 0.5) is 4.39 Å². The van der Waals surface area contributed by atoms with E-state index in [0.29, 0.717) is 0 Å². The van der Waals surface area contributed by atoms with Crippen LogP contribution in [0.2, 0.25) is 0 Å². The summed E-state index contributed by atoms with van der Waals surface area (Å²) >= 11 is 0. The Labute approximate surface area is 82.5 Å². The Hall–Kier alpha value is -0.930. The van der Waals surface area contributed by atoms with Crippen LogP contribution in [0, 0.1) is 11.2 Å². The van der Waals surface area contributed by atoms with E-state index < -0.39 is 0 Å². The van der Waals surface area contributed by atoms with Crippen molar-refractivity contribution in [3.8, 4) is 0 Å². The Morgan fingerprint density at radius 1 is 1.36 bits per heavy atom. The van der Waals surface area contributed by atoms with Crippen molar-refractivity contribution >= 4 is 0 Å². The van der Waals surface area contributed by atoms with Crippen LogP contribution in [0.25, 0.3) is 0 Å². The Balaban J connectivity index is 2.19. The lowest BCUT2D eigenvalue weighted by atomic mass is 9.92. The third-order valence-corrected chi connectivity index (χ3v) is 3.10. The quantitative estimate of drug-likeness (QED) is 0.769. The third-order valence-electron chi connectivity index (χ3n) is 3.10. The van der Waals surface area contributed by atoms with Gasteiger partial charge >= 0.3 is 0 Å². The second kappa shape index (κ2) is 3.33. The first kappa shape index (κ1) is 9.62. The topological polar surface area (TPSA) is 46.2 Å². The predicted molar refractivity (Wildman–Crippen MR) is 52.1 cm³/mol. The summed E-state index contributed by atoms with van der Waals surface area (Å²) in [5.74, 6) is -0.255. The summed E-state index contributed by atoms with van der Waals surface area (Å²) in [6.07, 6.45) is 1.92. The number of hydrogen-bond acceptors (Lipinski definition) is 2. The average molecular weight is 195 g/mol. The van der Waals surface area contributed by atoms with Crippen LogP contribution < -0.4 is 5.73 Å². The normalized spacial score (nSPS) is 20.5. The van der Waals surface area contributed by atoms with Gasteiger partial charge in [0.1, 0.15) is 5.82 Å². The molecule has 1 aromatic carbocycles. The molecule has 14 heavy (non-hydrogen) atoms. The van der Waals surface area contributed by atoms with Gasteiger partial charge in [-0.2, -0.15) is 0 Å². The standard InChI is InChI=1S/C11H14FNO/c12-9-3-1-8(2-4-9)10(13)11(7-14)5-6-11/h1-4,10,14H,5-7,13H2. The minimum absolute atomic E-state index is 0.117. The molecule has 76 valence electrons. The van der Waals surface area contributed by atoms with Gasteiger partial charge in [0.25, 0.3) is 0 Å². The van der Waals surface area contributed by atoms with Crippen molar-refractivity contribution in [1.29, 1.82) is 0 Å². The van der Waals surface area contributed by atoms with Crippen molar-refractivity contribution in [3.63, 3.8) is 0 Å². The first-order valence-corrected chi connectivity index (χ1v) is 4.80. The van der Waals surface area contributed by atoms with E-state index in [9.17, 15) is 9.50 Å². The molecule has 1 aliphatic rings. The summed E-state index contributed by atoms with van der Waals surface area (Å²) in [5.41, 5.74) is 6.77. The van der Waals surface area contributed by atoms with Gasteiger partial charge in [0, 0.05) is 11.5 Å². The molecule has 3 N–H and O–H groups in total. The van der Waals surface area contributed by atoms with Crippen LogP contribution in [-0.2, 0) is 0 Å². The number of nitrogens with two attached hydrogens (primary N) is 1. The summed E-state index contributed by atoms with van der Waals surface area (Å²) in [5, 5.41) is 9.19. The van der Waals surface area contributed by atoms with E-state index in [1.165, 1.54) is 12.1 Å². The largest absolute Gasteiger partial charge is 0.396 e. The molecule has 1 unspecified atom stereocenters. The van der Waals surface area contributed by atoms with E-state index in [0.717, 1.165) is 18.4 Å². The molecular weight excluding hydrogens is 181 g/mol. The van der Waals surface area contributed by atoms with Gasteiger partial charge < -0.3 is 10.8 Å². The molecule has 2 nitrogen and oxygen atoms in total. The predicted octanol–water partition coefficient (Wildman–Crippen LogP) is 1.60. The van der Waals surface area contributed by atoms with E-state index in [-0.39, 0.29) is 23.9 Å². The summed E-state index contributed by atoms with van der Waals surface area (Å²) in [4.78, 5) is 0. The van der Waals surface area contributed by atoms with Crippen molar-refractivity contribution in [2.75, 3.05) is 6.61 Å². The van der Waals surface area contributed by atoms with E-state index in [1.807, 2.05) is 0 Å². The maximum absolute atomic E-state index is 12.7. The third kappa shape index (κ3) is 1.53. The average Bonchev–Trinajstić information content (AvgIpc) is 2.99. The fourth-order valence-electron chi connectivity index (χ4n) is 1.75. The highest BCUT2D eigenvalue weighted by atomic mass is 19.1. The molecule has 0 amide bonds. The highest BCUT2D eigenvalue weighted by Gasteiger charge is 2.47. The van der Waals surface area contributed by atoms with Crippen LogP contribution >= 0.6 is 0 Å². The molecule has 3 heteroatoms. The van der Waals surface area contributed by atoms with Gasteiger partial charge in [0.15, 0.2) is 0 Å². The summed E-state index contributed by atoms with van der Waals surface area (Å²) in [6.45, 7) is 0.117. The van der Waals surface area contributed by atoms with Crippen molar-refractivity contribution in [1.82, 2.24) is 0 Å². The highest BCUT2D eigenvalue weighted by molar-refractivity contribution is 5.24. The Kier molecular flexibility index (Phi) is 2.29. The lowest BCUT2D eigenvalue weighted by Gasteiger charge is -2.21. The maximum atomic E-state index is 12.7. The van der Waals surface area contributed by atoms with E-state index in [2.05, 4.69) is 0 Å². The lowest BCUT2D eigenvalue weighted by molar-refractivity contribution is 0.187. The second-order valence-corrected chi connectivity index (χ2v) is 4.05. The van der Waals surface area contributed by atoms with Gasteiger partial charge in [-0.25, -0.2) is 4.39 Å². The molecule has 0 spiro atoms. The number of aliphatic hydroxyl groups is 1. The van der Waals surface area contributed by atoms with Crippen molar-refractivity contribution in [2.24, 2.45) is 11.1 Å². The number of halogens is 1. The minimum Gasteiger partial charge on any atom is -0.396 e. The fraction of sp³-hybridized carbons (Fsp3) is 0.455. The Morgan fingerprint density at radius 2 is 1.93 bits per heavy atom. The lowest BCUT2D eigenvalue weighted by Crippen LogP contribution is -2.25. The molecule has 1 fully saturated rings. The van der Waals surface area contributed by atoms with E-state index >= 15 is 0 Å². The maximum Gasteiger partial charge on any atom is 0.123 e. The molecule has 1 aromatic rings. The van der Waals surface area contributed by atoms with Crippen LogP contribution in [-0.4, -0.2) is 11.7 Å². The zero-order chi connectivity index (χ0) is 10.2. The highest BCUT2D eigenvalue weighted by Crippen LogP contribution is 2.53. The zero-order valence-corrected chi connectivity index (χ0v) is 7.91. The SMILES string of the molecule is NC(c1ccc(F)cc1)C1(CO)CC1. The molecule has 1 saturated carbocycles. The molecule has 0 bridgehead atoms. The van der Waals surface area contributed by atoms with Crippen molar-refractivity contribution in [2.45, 2.75) is 18.9 Å². The second-order valence-electron chi connectivity index (χ2n) is 4.05. The summed E-state index contributed by atoms with van der Waals surface area (Å²) < 4.78 is 12.7. The number of hydrogen-bond donors (Lipinski definition) is 2. The van der Waals surface area contributed by atoms with Crippen molar-refractivity contribution < 1.29 is 9.50 Å². The fourth-order valence-corrected chi connectivity index (χ4v) is 1.75. The van der Waals surface area contributed by atoms with Gasteiger partial charge in [-0.1, -0.05) is 12.1 Å². The van der Waals surface area contributed by atoms with E-state index in [4.69, 9.17) is 5.73 Å². The van der Waals surface area contributed by atoms with Gasteiger partial charge in [-0.3, -0.25) is 0 Å². The number of rotatable bonds is 3. The van der Waals surface area contributed by atoms with E-state index in [1.54, 1.807) is 12.1 Å². The first-order valence-electron chi connectivity index (χ1n) is 4.80. The zero-order valence-electron chi connectivity index (χ0n) is 7.91. The molecule has 1 atom stereocenters. The van der Waals surface area contributed by atoms with Crippen molar-refractivity contribution in [3.05, 3.63) is 35.6 Å². The Morgan fingerprint density at radius 3 is 2.36 bits per heavy atom. The molecule has 0 heterocycles. The van der Waals surface area contributed by atoms with Gasteiger partial charge in [-0.15, -0.1) is 0 Å². The number of aliphatic hydroxyl groups excluding tert-OH is 1. The molecule has 0 saturated heterocycles. The molecule has 0 aromatic heterocycles. The van der Waals surface area contributed by atoms with Crippen LogP contribution in [0.1, 0.15) is 24.4 Å². The minimum atomic E-state index is -0.255. The molecule has 1 aliphatic carbocycles. The smallest absolute Gasteiger partial charge is 0.123 e. The first-order chi connectivity index (χ1) is 6.68. The number of benzene rings is 1. The van der Waals surface area contributed by atoms with Gasteiger partial charge in [0.2, 0.25) is 0 Å². The summed E-state index contributed by atoms with van der Waals surface area (Å²) in [7, 11) is 0. The molecule has 2 rings (SSSR count). The van der Waals surface area contributed by atoms with Crippen LogP contribution in [0.15, 0.2) is 24.3 Å². The van der Waals surface area contributed by atoms with Gasteiger partial charge in [0.05, 0.1) is 6.61 Å². The monoisotopic (exact) mass is 195 g/mol. The molecule has 0 radical (unpaired) electrons. The molecule has 0 aliphatic heterocycles. The van der Waals surface area contributed by atoms with Crippen LogP contribution in [0.5, 0.6) is 0 Å². The summed E-state index contributed by atoms with van der Waals surface area (Å²) in [6, 6.07) is 6.02.